The summed E-state index contributed by atoms with van der Waals surface area (Å²) in [6, 6.07) is 4.21. The molecular formula is C17H22BrN3OS. The van der Waals surface area contributed by atoms with Gasteiger partial charge in [0.25, 0.3) is 5.56 Å². The van der Waals surface area contributed by atoms with Gasteiger partial charge in [0.1, 0.15) is 0 Å². The largest absolute Gasteiger partial charge is 0.304 e. The summed E-state index contributed by atoms with van der Waals surface area (Å²) < 4.78 is 2.84. The van der Waals surface area contributed by atoms with Gasteiger partial charge in [0.2, 0.25) is 0 Å². The monoisotopic (exact) mass is 395 g/mol. The molecule has 2 aromatic rings. The van der Waals surface area contributed by atoms with Crippen molar-refractivity contribution in [3.63, 3.8) is 0 Å². The molecule has 6 heteroatoms. The van der Waals surface area contributed by atoms with Gasteiger partial charge in [-0.15, -0.1) is 0 Å². The van der Waals surface area contributed by atoms with Crippen molar-refractivity contribution in [1.29, 1.82) is 0 Å². The number of rotatable bonds is 4. The van der Waals surface area contributed by atoms with Crippen LogP contribution in [0.25, 0.3) is 10.9 Å². The van der Waals surface area contributed by atoms with Crippen LogP contribution in [-0.2, 0) is 0 Å². The first kappa shape index (κ1) is 17.0. The number of hydrogen-bond acceptors (Lipinski definition) is 4. The minimum absolute atomic E-state index is 0.0957. The zero-order chi connectivity index (χ0) is 16.6. The van der Waals surface area contributed by atoms with Gasteiger partial charge >= 0.3 is 0 Å². The Balaban J connectivity index is 2.22. The molecule has 4 nitrogen and oxygen atoms in total. The summed E-state index contributed by atoms with van der Waals surface area (Å²) in [6.07, 6.45) is 2.08. The number of fused-ring (bicyclic) bond motifs is 1. The Morgan fingerprint density at radius 1 is 1.43 bits per heavy atom. The standard InChI is InChI=1S/C17H22BrN3OS/c1-4-7-23-17-19-15-13(8-11(2)9-14(15)18)16(22)21(17)12-5-6-20(3)10-12/h8-9,12H,4-7,10H2,1-3H3. The molecule has 2 heterocycles. The number of benzene rings is 1. The van der Waals surface area contributed by atoms with E-state index in [0.717, 1.165) is 52.4 Å². The third-order valence-corrected chi connectivity index (χ3v) is 6.00. The number of likely N-dealkylation sites (tertiary alicyclic amines) is 1. The van der Waals surface area contributed by atoms with Gasteiger partial charge in [0, 0.05) is 16.8 Å². The predicted molar refractivity (Wildman–Crippen MR) is 101 cm³/mol. The van der Waals surface area contributed by atoms with Crippen LogP contribution in [0.1, 0.15) is 31.4 Å². The highest BCUT2D eigenvalue weighted by molar-refractivity contribution is 9.10. The summed E-state index contributed by atoms with van der Waals surface area (Å²) in [6.45, 7) is 6.11. The molecule has 0 bridgehead atoms. The molecule has 3 rings (SSSR count). The Kier molecular flexibility index (Phi) is 5.13. The van der Waals surface area contributed by atoms with Gasteiger partial charge in [0.05, 0.1) is 16.9 Å². The Labute approximate surface area is 149 Å². The average Bonchev–Trinajstić information content (AvgIpc) is 2.92. The van der Waals surface area contributed by atoms with Crippen molar-refractivity contribution < 1.29 is 0 Å². The van der Waals surface area contributed by atoms with E-state index in [0.29, 0.717) is 5.39 Å². The van der Waals surface area contributed by atoms with Crippen LogP contribution >= 0.6 is 27.7 Å². The fraction of sp³-hybridized carbons (Fsp3) is 0.529. The molecule has 1 unspecified atom stereocenters. The molecule has 1 aliphatic rings. The van der Waals surface area contributed by atoms with Crippen molar-refractivity contribution in [2.75, 3.05) is 25.9 Å². The number of hydrogen-bond donors (Lipinski definition) is 0. The molecule has 0 N–H and O–H groups in total. The van der Waals surface area contributed by atoms with Crippen LogP contribution in [-0.4, -0.2) is 40.3 Å². The van der Waals surface area contributed by atoms with E-state index in [1.807, 2.05) is 23.6 Å². The van der Waals surface area contributed by atoms with E-state index in [1.54, 1.807) is 11.8 Å². The Bertz CT molecular complexity index is 789. The Hall–Kier alpha value is -0.850. The quantitative estimate of drug-likeness (QED) is 0.581. The van der Waals surface area contributed by atoms with Crippen LogP contribution in [0, 0.1) is 6.92 Å². The number of aromatic nitrogens is 2. The van der Waals surface area contributed by atoms with Gasteiger partial charge in [-0.2, -0.15) is 0 Å². The number of nitrogens with zero attached hydrogens (tertiary/aromatic N) is 3. The molecule has 0 amide bonds. The third-order valence-electron chi connectivity index (χ3n) is 4.24. The number of halogens is 1. The number of likely N-dealkylation sites (N-methyl/N-ethyl adjacent to an activating group) is 1. The number of thioether (sulfide) groups is 1. The van der Waals surface area contributed by atoms with Crippen molar-refractivity contribution in [3.8, 4) is 0 Å². The molecule has 124 valence electrons. The van der Waals surface area contributed by atoms with Gasteiger partial charge < -0.3 is 4.90 Å². The van der Waals surface area contributed by atoms with Gasteiger partial charge in [-0.1, -0.05) is 18.7 Å². The van der Waals surface area contributed by atoms with Gasteiger partial charge in [-0.25, -0.2) is 4.98 Å². The molecular weight excluding hydrogens is 374 g/mol. The zero-order valence-corrected chi connectivity index (χ0v) is 16.2. The highest BCUT2D eigenvalue weighted by atomic mass is 79.9. The minimum Gasteiger partial charge on any atom is -0.304 e. The van der Waals surface area contributed by atoms with E-state index in [1.165, 1.54) is 0 Å². The summed E-state index contributed by atoms with van der Waals surface area (Å²) in [4.78, 5) is 20.3. The average molecular weight is 396 g/mol. The first-order chi connectivity index (χ1) is 11.0. The lowest BCUT2D eigenvalue weighted by Crippen LogP contribution is -2.29. The zero-order valence-electron chi connectivity index (χ0n) is 13.8. The maximum Gasteiger partial charge on any atom is 0.262 e. The van der Waals surface area contributed by atoms with Crippen LogP contribution < -0.4 is 5.56 Å². The lowest BCUT2D eigenvalue weighted by atomic mass is 10.1. The summed E-state index contributed by atoms with van der Waals surface area (Å²) >= 11 is 5.26. The van der Waals surface area contributed by atoms with E-state index < -0.39 is 0 Å². The summed E-state index contributed by atoms with van der Waals surface area (Å²) in [7, 11) is 2.11. The van der Waals surface area contributed by atoms with Crippen LogP contribution in [0.4, 0.5) is 0 Å². The van der Waals surface area contributed by atoms with Crippen molar-refractivity contribution in [3.05, 3.63) is 32.5 Å². The SMILES string of the molecule is CCCSc1nc2c(Br)cc(C)cc2c(=O)n1C1CCN(C)C1. The fourth-order valence-corrected chi connectivity index (χ4v) is 4.69. The highest BCUT2D eigenvalue weighted by Gasteiger charge is 2.26. The molecule has 1 aromatic heterocycles. The molecule has 0 aliphatic carbocycles. The summed E-state index contributed by atoms with van der Waals surface area (Å²) in [5.41, 5.74) is 1.95. The highest BCUT2D eigenvalue weighted by Crippen LogP contribution is 2.29. The summed E-state index contributed by atoms with van der Waals surface area (Å²) in [5.74, 6) is 0.976. The Morgan fingerprint density at radius 2 is 2.22 bits per heavy atom. The third kappa shape index (κ3) is 3.35. The molecule has 0 saturated carbocycles. The van der Waals surface area contributed by atoms with Gasteiger partial charge in [0.15, 0.2) is 5.16 Å². The topological polar surface area (TPSA) is 38.1 Å². The van der Waals surface area contributed by atoms with E-state index in [9.17, 15) is 4.79 Å². The maximum absolute atomic E-state index is 13.2. The molecule has 23 heavy (non-hydrogen) atoms. The molecule has 1 fully saturated rings. The second kappa shape index (κ2) is 6.95. The first-order valence-corrected chi connectivity index (χ1v) is 9.83. The molecule has 0 spiro atoms. The smallest absolute Gasteiger partial charge is 0.262 e. The number of aryl methyl sites for hydroxylation is 1. The van der Waals surface area contributed by atoms with Gasteiger partial charge in [-0.05, 0) is 67.0 Å². The van der Waals surface area contributed by atoms with E-state index in [-0.39, 0.29) is 11.6 Å². The van der Waals surface area contributed by atoms with E-state index in [2.05, 4.69) is 34.8 Å². The first-order valence-electron chi connectivity index (χ1n) is 8.05. The second-order valence-corrected chi connectivity index (χ2v) is 8.18. The minimum atomic E-state index is 0.0957. The van der Waals surface area contributed by atoms with Crippen molar-refractivity contribution in [2.24, 2.45) is 0 Å². The van der Waals surface area contributed by atoms with Crippen LogP contribution in [0.2, 0.25) is 0 Å². The lowest BCUT2D eigenvalue weighted by molar-refractivity contribution is 0.380. The second-order valence-electron chi connectivity index (χ2n) is 6.27. The van der Waals surface area contributed by atoms with Crippen LogP contribution in [0.15, 0.2) is 26.6 Å². The van der Waals surface area contributed by atoms with Crippen LogP contribution in [0.3, 0.4) is 0 Å². The normalized spacial score (nSPS) is 18.9. The molecule has 0 radical (unpaired) electrons. The van der Waals surface area contributed by atoms with Crippen molar-refractivity contribution in [2.45, 2.75) is 37.9 Å². The van der Waals surface area contributed by atoms with Crippen LogP contribution in [0.5, 0.6) is 0 Å². The Morgan fingerprint density at radius 3 is 2.87 bits per heavy atom. The molecule has 1 atom stereocenters. The van der Waals surface area contributed by atoms with Gasteiger partial charge in [-0.3, -0.25) is 9.36 Å². The maximum atomic E-state index is 13.2. The fourth-order valence-electron chi connectivity index (χ4n) is 3.12. The van der Waals surface area contributed by atoms with Crippen molar-refractivity contribution >= 4 is 38.6 Å². The molecule has 1 aromatic carbocycles. The predicted octanol–water partition coefficient (Wildman–Crippen LogP) is 3.85. The van der Waals surface area contributed by atoms with Crippen molar-refractivity contribution in [1.82, 2.24) is 14.5 Å². The summed E-state index contributed by atoms with van der Waals surface area (Å²) in [5, 5.41) is 1.57. The van der Waals surface area contributed by atoms with E-state index >= 15 is 0 Å². The molecule has 1 aliphatic heterocycles. The molecule has 1 saturated heterocycles. The van der Waals surface area contributed by atoms with E-state index in [4.69, 9.17) is 4.98 Å². The lowest BCUT2D eigenvalue weighted by Gasteiger charge is -2.19.